The number of hydrogen-bond acceptors (Lipinski definition) is 4. The average molecular weight is 336 g/mol. The number of Topliss-reactive ketones (excluding diaryl/α,β-unsaturated/α-hetero) is 2. The molecule has 1 atom stereocenters. The van der Waals surface area contributed by atoms with Gasteiger partial charge in [-0.2, -0.15) is 0 Å². The van der Waals surface area contributed by atoms with E-state index >= 15 is 0 Å². The van der Waals surface area contributed by atoms with Crippen LogP contribution in [0.5, 0.6) is 11.5 Å². The lowest BCUT2D eigenvalue weighted by molar-refractivity contribution is 0.0990. The van der Waals surface area contributed by atoms with Crippen molar-refractivity contribution in [2.75, 3.05) is 7.11 Å². The molecule has 4 nitrogen and oxygen atoms in total. The van der Waals surface area contributed by atoms with E-state index in [4.69, 9.17) is 9.47 Å². The average Bonchev–Trinajstić information content (AvgIpc) is 2.88. The molecule has 1 aliphatic rings. The molecule has 0 N–H and O–H groups in total. The van der Waals surface area contributed by atoms with Gasteiger partial charge >= 0.3 is 0 Å². The number of ether oxygens (including phenoxy) is 2. The highest BCUT2D eigenvalue weighted by Gasteiger charge is 2.32. The summed E-state index contributed by atoms with van der Waals surface area (Å²) in [7, 11) is 1.57. The van der Waals surface area contributed by atoms with Crippen molar-refractivity contribution in [3.05, 3.63) is 64.7 Å². The zero-order valence-corrected chi connectivity index (χ0v) is 14.5. The highest BCUT2D eigenvalue weighted by molar-refractivity contribution is 6.41. The number of benzene rings is 2. The molecule has 4 heteroatoms. The molecule has 25 heavy (non-hydrogen) atoms. The molecule has 0 bridgehead atoms. The number of para-hydroxylation sites is 1. The largest absolute Gasteiger partial charge is 0.493 e. The second-order valence-corrected chi connectivity index (χ2v) is 5.98. The Kier molecular flexibility index (Phi) is 4.70. The van der Waals surface area contributed by atoms with Crippen molar-refractivity contribution < 1.29 is 19.1 Å². The third-order valence-corrected chi connectivity index (χ3v) is 4.33. The third kappa shape index (κ3) is 3.07. The van der Waals surface area contributed by atoms with Crippen LogP contribution in [-0.2, 0) is 0 Å². The minimum atomic E-state index is -0.252. The number of carbonyl (C=O) groups is 2. The van der Waals surface area contributed by atoms with Gasteiger partial charge in [-0.1, -0.05) is 43.3 Å². The molecule has 0 saturated carbocycles. The summed E-state index contributed by atoms with van der Waals surface area (Å²) in [5, 5.41) is 0. The Balaban J connectivity index is 2.08. The number of ketones is 2. The molecule has 0 heterocycles. The second kappa shape index (κ2) is 6.93. The van der Waals surface area contributed by atoms with Crippen LogP contribution < -0.4 is 9.47 Å². The van der Waals surface area contributed by atoms with Gasteiger partial charge in [0.25, 0.3) is 0 Å². The van der Waals surface area contributed by atoms with E-state index in [0.717, 1.165) is 6.42 Å². The predicted octanol–water partition coefficient (Wildman–Crippen LogP) is 4.34. The zero-order valence-electron chi connectivity index (χ0n) is 14.5. The van der Waals surface area contributed by atoms with E-state index in [2.05, 4.69) is 0 Å². The Labute approximate surface area is 147 Å². The maximum atomic E-state index is 12.6. The van der Waals surface area contributed by atoms with Gasteiger partial charge < -0.3 is 9.47 Å². The monoisotopic (exact) mass is 336 g/mol. The van der Waals surface area contributed by atoms with E-state index in [-0.39, 0.29) is 23.2 Å². The zero-order chi connectivity index (χ0) is 18.0. The first-order valence-electron chi connectivity index (χ1n) is 8.30. The van der Waals surface area contributed by atoms with Crippen molar-refractivity contribution in [2.45, 2.75) is 26.4 Å². The van der Waals surface area contributed by atoms with Crippen LogP contribution in [-0.4, -0.2) is 24.8 Å². The van der Waals surface area contributed by atoms with Crippen LogP contribution in [0.1, 0.15) is 46.5 Å². The Morgan fingerprint density at radius 3 is 2.20 bits per heavy atom. The van der Waals surface area contributed by atoms with Crippen molar-refractivity contribution in [1.82, 2.24) is 0 Å². The van der Waals surface area contributed by atoms with Gasteiger partial charge in [-0.15, -0.1) is 0 Å². The normalized spacial score (nSPS) is 14.3. The smallest absolute Gasteiger partial charge is 0.197 e. The summed E-state index contributed by atoms with van der Waals surface area (Å²) in [6.45, 7) is 3.99. The summed E-state index contributed by atoms with van der Waals surface area (Å²) in [5.74, 6) is 0.615. The first kappa shape index (κ1) is 17.0. The van der Waals surface area contributed by atoms with E-state index in [1.807, 2.05) is 26.0 Å². The predicted molar refractivity (Wildman–Crippen MR) is 96.5 cm³/mol. The topological polar surface area (TPSA) is 52.6 Å². The fourth-order valence-corrected chi connectivity index (χ4v) is 2.78. The lowest BCUT2D eigenvalue weighted by Gasteiger charge is -2.17. The molecular weight excluding hydrogens is 316 g/mol. The van der Waals surface area contributed by atoms with E-state index in [1.54, 1.807) is 43.5 Å². The molecule has 1 aliphatic carbocycles. The molecule has 2 aromatic carbocycles. The van der Waals surface area contributed by atoms with Crippen LogP contribution in [0.4, 0.5) is 0 Å². The Morgan fingerprint density at radius 1 is 1.00 bits per heavy atom. The molecule has 0 aliphatic heterocycles. The fraction of sp³-hybridized carbons (Fsp3) is 0.238. The number of carbonyl (C=O) groups excluding carboxylic acids is 2. The van der Waals surface area contributed by atoms with Crippen LogP contribution in [0, 0.1) is 0 Å². The Bertz CT molecular complexity index is 827. The van der Waals surface area contributed by atoms with Crippen LogP contribution in [0.15, 0.2) is 48.0 Å². The van der Waals surface area contributed by atoms with E-state index in [9.17, 15) is 9.59 Å². The minimum Gasteiger partial charge on any atom is -0.493 e. The fourth-order valence-electron chi connectivity index (χ4n) is 2.78. The van der Waals surface area contributed by atoms with E-state index in [1.165, 1.54) is 0 Å². The van der Waals surface area contributed by atoms with Crippen LogP contribution in [0.25, 0.3) is 6.08 Å². The molecule has 0 amide bonds. The molecule has 2 aromatic rings. The highest BCUT2D eigenvalue weighted by Crippen LogP contribution is 2.36. The molecule has 0 radical (unpaired) electrons. The highest BCUT2D eigenvalue weighted by atomic mass is 16.5. The molecule has 0 fully saturated rings. The number of rotatable bonds is 5. The van der Waals surface area contributed by atoms with Crippen molar-refractivity contribution in [3.8, 4) is 11.5 Å². The summed E-state index contributed by atoms with van der Waals surface area (Å²) in [4.78, 5) is 25.2. The van der Waals surface area contributed by atoms with Crippen molar-refractivity contribution >= 4 is 17.6 Å². The maximum Gasteiger partial charge on any atom is 0.197 e. The summed E-state index contributed by atoms with van der Waals surface area (Å²) in [6, 6.07) is 12.3. The second-order valence-electron chi connectivity index (χ2n) is 5.98. The van der Waals surface area contributed by atoms with Crippen LogP contribution >= 0.6 is 0 Å². The molecule has 128 valence electrons. The molecule has 0 spiro atoms. The van der Waals surface area contributed by atoms with Crippen LogP contribution in [0.3, 0.4) is 0 Å². The molecule has 0 saturated heterocycles. The van der Waals surface area contributed by atoms with Gasteiger partial charge in [-0.3, -0.25) is 9.59 Å². The Hall–Kier alpha value is -2.88. The van der Waals surface area contributed by atoms with Gasteiger partial charge in [0.1, 0.15) is 0 Å². The summed E-state index contributed by atoms with van der Waals surface area (Å²) in [5.41, 5.74) is 1.71. The lowest BCUT2D eigenvalue weighted by atomic mass is 10.1. The lowest BCUT2D eigenvalue weighted by Crippen LogP contribution is -2.11. The first-order chi connectivity index (χ1) is 12.1. The van der Waals surface area contributed by atoms with Gasteiger partial charge in [0.2, 0.25) is 0 Å². The van der Waals surface area contributed by atoms with Crippen LogP contribution in [0.2, 0.25) is 0 Å². The molecule has 0 unspecified atom stereocenters. The third-order valence-electron chi connectivity index (χ3n) is 4.33. The minimum absolute atomic E-state index is 0.0133. The summed E-state index contributed by atoms with van der Waals surface area (Å²) < 4.78 is 11.4. The van der Waals surface area contributed by atoms with E-state index in [0.29, 0.717) is 28.2 Å². The van der Waals surface area contributed by atoms with Crippen molar-refractivity contribution in [3.63, 3.8) is 0 Å². The maximum absolute atomic E-state index is 12.6. The van der Waals surface area contributed by atoms with Crippen molar-refractivity contribution in [2.24, 2.45) is 0 Å². The van der Waals surface area contributed by atoms with E-state index < -0.39 is 0 Å². The summed E-state index contributed by atoms with van der Waals surface area (Å²) in [6.07, 6.45) is 2.42. The quantitative estimate of drug-likeness (QED) is 0.602. The standard InChI is InChI=1S/C21H20O4/c1-4-13(2)25-21-14(8-7-11-18(21)24-3)12-17-19(22)15-9-5-6-10-16(15)20(17)23/h5-13H,4H2,1-3H3/t13-/m0/s1. The SMILES string of the molecule is CC[C@H](C)Oc1c(C=C2C(=O)c3ccccc3C2=O)cccc1OC. The molecule has 0 aromatic heterocycles. The molecule has 3 rings (SSSR count). The Morgan fingerprint density at radius 2 is 1.64 bits per heavy atom. The number of allylic oxidation sites excluding steroid dienone is 1. The van der Waals surface area contributed by atoms with Gasteiger partial charge in [0.05, 0.1) is 18.8 Å². The van der Waals surface area contributed by atoms with Gasteiger partial charge in [-0.25, -0.2) is 0 Å². The number of hydrogen-bond donors (Lipinski definition) is 0. The van der Waals surface area contributed by atoms with Gasteiger partial charge in [-0.05, 0) is 25.5 Å². The number of methoxy groups -OCH3 is 1. The number of fused-ring (bicyclic) bond motifs is 1. The van der Waals surface area contributed by atoms with Gasteiger partial charge in [0.15, 0.2) is 23.1 Å². The first-order valence-corrected chi connectivity index (χ1v) is 8.30. The molecular formula is C21H20O4. The van der Waals surface area contributed by atoms with Crippen molar-refractivity contribution in [1.29, 1.82) is 0 Å². The summed E-state index contributed by atoms with van der Waals surface area (Å²) >= 11 is 0. The van der Waals surface area contributed by atoms with Gasteiger partial charge in [0, 0.05) is 16.7 Å².